The molecule has 2 heterocycles. The van der Waals surface area contributed by atoms with Gasteiger partial charge in [-0.1, -0.05) is 74.7 Å². The Bertz CT molecular complexity index is 684. The highest BCUT2D eigenvalue weighted by molar-refractivity contribution is 9.08. The number of hydrogen-bond donors (Lipinski definition) is 1. The smallest absolute Gasteiger partial charge is 0.340 e. The fourth-order valence-electron chi connectivity index (χ4n) is 3.39. The molecule has 0 aromatic carbocycles. The largest absolute Gasteiger partial charge is 0.462 e. The lowest BCUT2D eigenvalue weighted by molar-refractivity contribution is 0.0481. The lowest BCUT2D eigenvalue weighted by atomic mass is 9.95. The molecular weight excluding hydrogens is 392 g/mol. The molecule has 1 atom stereocenters. The van der Waals surface area contributed by atoms with Gasteiger partial charge in [0.2, 0.25) is 0 Å². The van der Waals surface area contributed by atoms with Gasteiger partial charge >= 0.3 is 5.97 Å². The van der Waals surface area contributed by atoms with Crippen LogP contribution in [-0.4, -0.2) is 22.5 Å². The van der Waals surface area contributed by atoms with Crippen molar-refractivity contribution in [3.05, 3.63) is 29.6 Å². The average Bonchev–Trinajstić information content (AvgIpc) is 3.05. The van der Waals surface area contributed by atoms with Gasteiger partial charge < -0.3 is 9.72 Å². The molecular formula is C21H31BrN2O2. The molecule has 0 spiro atoms. The van der Waals surface area contributed by atoms with Crippen molar-refractivity contribution in [2.75, 3.05) is 6.61 Å². The van der Waals surface area contributed by atoms with E-state index in [9.17, 15) is 4.79 Å². The fraction of sp³-hybridized carbons (Fsp3) is 0.619. The molecule has 1 N–H and O–H groups in total. The average molecular weight is 423 g/mol. The zero-order valence-corrected chi connectivity index (χ0v) is 17.6. The number of carbonyl (C=O) groups excluding carboxylic acids is 1. The molecule has 5 heteroatoms. The molecule has 2 aromatic heterocycles. The zero-order valence-electron chi connectivity index (χ0n) is 16.0. The van der Waals surface area contributed by atoms with Crippen LogP contribution in [0.5, 0.6) is 0 Å². The number of esters is 1. The van der Waals surface area contributed by atoms with Crippen molar-refractivity contribution in [2.24, 2.45) is 5.92 Å². The molecule has 0 saturated heterocycles. The fourth-order valence-corrected chi connectivity index (χ4v) is 3.81. The Kier molecular flexibility index (Phi) is 9.16. The minimum Gasteiger partial charge on any atom is -0.462 e. The standard InChI is InChI=1S/C21H31BrN2O2/c1-3-5-6-7-8-10-16(4-2)12-14-26-21(25)19-17-11-9-13-23-20(17)24-18(19)15-22/h9,11,13,16H,3-8,10,12,14-15H2,1-2H3,(H,23,24). The van der Waals surface area contributed by atoms with Crippen molar-refractivity contribution in [1.29, 1.82) is 0 Å². The number of ether oxygens (including phenoxy) is 1. The molecule has 0 bridgehead atoms. The first kappa shape index (κ1) is 20.9. The van der Waals surface area contributed by atoms with Crippen LogP contribution in [0, 0.1) is 5.92 Å². The number of unbranched alkanes of at least 4 members (excludes halogenated alkanes) is 4. The number of aromatic amines is 1. The Balaban J connectivity index is 1.84. The number of carbonyl (C=O) groups is 1. The minimum absolute atomic E-state index is 0.253. The maximum Gasteiger partial charge on any atom is 0.340 e. The summed E-state index contributed by atoms with van der Waals surface area (Å²) in [5.41, 5.74) is 2.16. The highest BCUT2D eigenvalue weighted by Crippen LogP contribution is 2.24. The van der Waals surface area contributed by atoms with Gasteiger partial charge in [-0.2, -0.15) is 0 Å². The van der Waals surface area contributed by atoms with Gasteiger partial charge in [0.25, 0.3) is 0 Å². The normalized spacial score (nSPS) is 12.4. The summed E-state index contributed by atoms with van der Waals surface area (Å²) in [4.78, 5) is 20.1. The van der Waals surface area contributed by atoms with Crippen LogP contribution >= 0.6 is 15.9 Å². The van der Waals surface area contributed by atoms with Gasteiger partial charge in [0.05, 0.1) is 12.2 Å². The van der Waals surface area contributed by atoms with E-state index >= 15 is 0 Å². The molecule has 0 saturated carbocycles. The summed E-state index contributed by atoms with van der Waals surface area (Å²) >= 11 is 3.44. The van der Waals surface area contributed by atoms with Crippen molar-refractivity contribution >= 4 is 32.9 Å². The van der Waals surface area contributed by atoms with Gasteiger partial charge in [0.15, 0.2) is 0 Å². The first-order valence-electron chi connectivity index (χ1n) is 9.89. The van der Waals surface area contributed by atoms with Gasteiger partial charge in [-0.25, -0.2) is 9.78 Å². The van der Waals surface area contributed by atoms with Crippen LogP contribution in [0.3, 0.4) is 0 Å². The molecule has 144 valence electrons. The quantitative estimate of drug-likeness (QED) is 0.244. The molecule has 0 aliphatic carbocycles. The number of rotatable bonds is 12. The summed E-state index contributed by atoms with van der Waals surface area (Å²) in [5, 5.41) is 1.40. The Labute approximate surface area is 165 Å². The molecule has 2 rings (SSSR count). The number of aromatic nitrogens is 2. The third-order valence-electron chi connectivity index (χ3n) is 5.04. The van der Waals surface area contributed by atoms with Gasteiger partial charge in [0.1, 0.15) is 5.65 Å². The van der Waals surface area contributed by atoms with Crippen LogP contribution in [0.4, 0.5) is 0 Å². The van der Waals surface area contributed by atoms with Crippen molar-refractivity contribution in [1.82, 2.24) is 9.97 Å². The molecule has 0 amide bonds. The number of alkyl halides is 1. The number of hydrogen-bond acceptors (Lipinski definition) is 3. The summed E-state index contributed by atoms with van der Waals surface area (Å²) < 4.78 is 5.61. The van der Waals surface area contributed by atoms with Crippen molar-refractivity contribution < 1.29 is 9.53 Å². The van der Waals surface area contributed by atoms with E-state index in [-0.39, 0.29) is 5.97 Å². The van der Waals surface area contributed by atoms with Crippen molar-refractivity contribution in [2.45, 2.75) is 70.5 Å². The molecule has 26 heavy (non-hydrogen) atoms. The SMILES string of the molecule is CCCCCCCC(CC)CCOC(=O)c1c(CBr)[nH]c2ncccc12. The van der Waals surface area contributed by atoms with E-state index in [1.165, 1.54) is 38.5 Å². The van der Waals surface area contributed by atoms with Gasteiger partial charge in [0, 0.05) is 22.6 Å². The third-order valence-corrected chi connectivity index (χ3v) is 5.60. The highest BCUT2D eigenvalue weighted by atomic mass is 79.9. The summed E-state index contributed by atoms with van der Waals surface area (Å²) in [6, 6.07) is 3.75. The predicted molar refractivity (Wildman–Crippen MR) is 111 cm³/mol. The van der Waals surface area contributed by atoms with Crippen molar-refractivity contribution in [3.8, 4) is 0 Å². The maximum absolute atomic E-state index is 12.6. The number of fused-ring (bicyclic) bond motifs is 1. The van der Waals surface area contributed by atoms with Gasteiger partial charge in [-0.05, 0) is 24.5 Å². The lowest BCUT2D eigenvalue weighted by Gasteiger charge is -2.15. The maximum atomic E-state index is 12.6. The summed E-state index contributed by atoms with van der Waals surface area (Å²) in [6.45, 7) is 4.96. The van der Waals surface area contributed by atoms with E-state index < -0.39 is 0 Å². The molecule has 2 aromatic rings. The Morgan fingerprint density at radius 1 is 1.23 bits per heavy atom. The molecule has 1 unspecified atom stereocenters. The second-order valence-electron chi connectivity index (χ2n) is 6.91. The second kappa shape index (κ2) is 11.4. The molecule has 0 aliphatic heterocycles. The van der Waals surface area contributed by atoms with E-state index in [4.69, 9.17) is 4.74 Å². The van der Waals surface area contributed by atoms with Crippen LogP contribution in [0.1, 0.15) is 81.3 Å². The summed E-state index contributed by atoms with van der Waals surface area (Å²) in [5.74, 6) is 0.390. The monoisotopic (exact) mass is 422 g/mol. The number of nitrogens with one attached hydrogen (secondary N) is 1. The van der Waals surface area contributed by atoms with E-state index in [0.29, 0.717) is 23.4 Å². The van der Waals surface area contributed by atoms with Crippen LogP contribution in [0.25, 0.3) is 11.0 Å². The molecule has 0 fully saturated rings. The molecule has 0 radical (unpaired) electrons. The summed E-state index contributed by atoms with van der Waals surface area (Å²) in [6.07, 6.45) is 11.6. The van der Waals surface area contributed by atoms with E-state index in [0.717, 1.165) is 29.6 Å². The number of halogens is 1. The van der Waals surface area contributed by atoms with E-state index in [1.54, 1.807) is 6.20 Å². The van der Waals surface area contributed by atoms with E-state index in [1.807, 2.05) is 12.1 Å². The number of H-pyrrole nitrogens is 1. The highest BCUT2D eigenvalue weighted by Gasteiger charge is 2.20. The lowest BCUT2D eigenvalue weighted by Crippen LogP contribution is -2.11. The Morgan fingerprint density at radius 2 is 2.04 bits per heavy atom. The Morgan fingerprint density at radius 3 is 2.77 bits per heavy atom. The number of nitrogens with zero attached hydrogens (tertiary/aromatic N) is 1. The third kappa shape index (κ3) is 5.83. The predicted octanol–water partition coefficient (Wildman–Crippen LogP) is 6.39. The minimum atomic E-state index is -0.253. The van der Waals surface area contributed by atoms with E-state index in [2.05, 4.69) is 39.7 Å². The molecule has 4 nitrogen and oxygen atoms in total. The Hall–Kier alpha value is -1.36. The van der Waals surface area contributed by atoms with Crippen LogP contribution in [0.15, 0.2) is 18.3 Å². The van der Waals surface area contributed by atoms with Gasteiger partial charge in [-0.3, -0.25) is 0 Å². The second-order valence-corrected chi connectivity index (χ2v) is 7.47. The van der Waals surface area contributed by atoms with Gasteiger partial charge in [-0.15, -0.1) is 0 Å². The number of pyridine rings is 1. The zero-order chi connectivity index (χ0) is 18.8. The summed E-state index contributed by atoms with van der Waals surface area (Å²) in [7, 11) is 0. The van der Waals surface area contributed by atoms with Crippen LogP contribution in [-0.2, 0) is 10.1 Å². The first-order chi connectivity index (χ1) is 12.7. The van der Waals surface area contributed by atoms with Crippen LogP contribution < -0.4 is 0 Å². The topological polar surface area (TPSA) is 55.0 Å². The first-order valence-corrected chi connectivity index (χ1v) is 11.0. The molecule has 0 aliphatic rings. The van der Waals surface area contributed by atoms with Crippen LogP contribution in [0.2, 0.25) is 0 Å². The van der Waals surface area contributed by atoms with Crippen molar-refractivity contribution in [3.63, 3.8) is 0 Å².